The Morgan fingerprint density at radius 1 is 1.29 bits per heavy atom. The highest BCUT2D eigenvalue weighted by Gasteiger charge is 2.07. The van der Waals surface area contributed by atoms with E-state index in [1.165, 1.54) is 11.0 Å². The molecule has 0 N–H and O–H groups in total. The molecule has 2 aromatic heterocycles. The average molecular weight is 188 g/mol. The smallest absolute Gasteiger partial charge is 0.168 e. The van der Waals surface area contributed by atoms with Crippen molar-refractivity contribution in [1.29, 1.82) is 0 Å². The Balaban J connectivity index is 2.57. The molecule has 5 nitrogen and oxygen atoms in total. The van der Waals surface area contributed by atoms with Crippen molar-refractivity contribution in [1.82, 2.24) is 19.7 Å². The minimum atomic E-state index is 0.528. The molecule has 0 aliphatic rings. The standard InChI is InChI=1S/C9H8N4O/c1-7-2-12-13(9(7)5-14)8-3-10-6-11-4-8/h2-6H,1H3. The van der Waals surface area contributed by atoms with Gasteiger partial charge in [-0.15, -0.1) is 0 Å². The van der Waals surface area contributed by atoms with Gasteiger partial charge in [0.05, 0.1) is 18.6 Å². The molecule has 70 valence electrons. The molecular formula is C9H8N4O. The van der Waals surface area contributed by atoms with Gasteiger partial charge in [-0.2, -0.15) is 5.10 Å². The molecule has 0 aromatic carbocycles. The summed E-state index contributed by atoms with van der Waals surface area (Å²) in [5.41, 5.74) is 2.05. The predicted octanol–water partition coefficient (Wildman–Crippen LogP) is 0.783. The minimum absolute atomic E-state index is 0.528. The molecule has 2 rings (SSSR count). The summed E-state index contributed by atoms with van der Waals surface area (Å²) in [7, 11) is 0. The highest BCUT2D eigenvalue weighted by molar-refractivity contribution is 5.75. The van der Waals surface area contributed by atoms with Crippen LogP contribution in [0.25, 0.3) is 5.69 Å². The molecule has 0 saturated carbocycles. The first-order chi connectivity index (χ1) is 6.83. The first-order valence-electron chi connectivity index (χ1n) is 4.08. The average Bonchev–Trinajstić information content (AvgIpc) is 2.61. The van der Waals surface area contributed by atoms with Crippen molar-refractivity contribution < 1.29 is 4.79 Å². The molecule has 0 aliphatic carbocycles. The summed E-state index contributed by atoms with van der Waals surface area (Å²) < 4.78 is 1.52. The van der Waals surface area contributed by atoms with Gasteiger partial charge < -0.3 is 0 Å². The number of rotatable bonds is 2. The van der Waals surface area contributed by atoms with Crippen LogP contribution in [0.4, 0.5) is 0 Å². The van der Waals surface area contributed by atoms with Gasteiger partial charge in [-0.05, 0) is 12.5 Å². The van der Waals surface area contributed by atoms with Gasteiger partial charge >= 0.3 is 0 Å². The molecule has 0 atom stereocenters. The van der Waals surface area contributed by atoms with Crippen molar-refractivity contribution in [3.8, 4) is 5.69 Å². The number of aldehydes is 1. The lowest BCUT2D eigenvalue weighted by Gasteiger charge is -2.01. The molecule has 0 amide bonds. The van der Waals surface area contributed by atoms with E-state index in [-0.39, 0.29) is 0 Å². The van der Waals surface area contributed by atoms with Crippen LogP contribution >= 0.6 is 0 Å². The summed E-state index contributed by atoms with van der Waals surface area (Å²) in [6, 6.07) is 0. The fraction of sp³-hybridized carbons (Fsp3) is 0.111. The molecule has 0 unspecified atom stereocenters. The summed E-state index contributed by atoms with van der Waals surface area (Å²) in [6.45, 7) is 1.83. The molecule has 0 spiro atoms. The summed E-state index contributed by atoms with van der Waals surface area (Å²) in [6.07, 6.45) is 7.05. The number of hydrogen-bond acceptors (Lipinski definition) is 4. The molecule has 0 bridgehead atoms. The zero-order valence-corrected chi connectivity index (χ0v) is 7.58. The van der Waals surface area contributed by atoms with Crippen LogP contribution in [0.5, 0.6) is 0 Å². The number of carbonyl (C=O) groups excluding carboxylic acids is 1. The van der Waals surface area contributed by atoms with Gasteiger partial charge in [-0.1, -0.05) is 0 Å². The summed E-state index contributed by atoms with van der Waals surface area (Å²) in [5, 5.41) is 4.06. The van der Waals surface area contributed by atoms with E-state index < -0.39 is 0 Å². The van der Waals surface area contributed by atoms with Gasteiger partial charge in [0, 0.05) is 0 Å². The van der Waals surface area contributed by atoms with Crippen molar-refractivity contribution in [2.45, 2.75) is 6.92 Å². The van der Waals surface area contributed by atoms with Gasteiger partial charge in [-0.25, -0.2) is 14.6 Å². The second-order valence-corrected chi connectivity index (χ2v) is 2.84. The van der Waals surface area contributed by atoms with Crippen LogP contribution in [0.3, 0.4) is 0 Å². The quantitative estimate of drug-likeness (QED) is 0.653. The minimum Gasteiger partial charge on any atom is -0.296 e. The molecule has 0 saturated heterocycles. The molecular weight excluding hydrogens is 180 g/mol. The SMILES string of the molecule is Cc1cnn(-c2cncnc2)c1C=O. The lowest BCUT2D eigenvalue weighted by molar-refractivity contribution is 0.111. The van der Waals surface area contributed by atoms with Crippen LogP contribution in [0, 0.1) is 6.92 Å². The monoisotopic (exact) mass is 188 g/mol. The summed E-state index contributed by atoms with van der Waals surface area (Å²) in [5.74, 6) is 0. The Bertz CT molecular complexity index is 449. The maximum Gasteiger partial charge on any atom is 0.168 e. The van der Waals surface area contributed by atoms with Crippen LogP contribution in [-0.2, 0) is 0 Å². The molecule has 2 aromatic rings. The predicted molar refractivity (Wildman–Crippen MR) is 49.3 cm³/mol. The van der Waals surface area contributed by atoms with Gasteiger partial charge in [-0.3, -0.25) is 4.79 Å². The second kappa shape index (κ2) is 3.37. The topological polar surface area (TPSA) is 60.7 Å². The van der Waals surface area contributed by atoms with Gasteiger partial charge in [0.25, 0.3) is 0 Å². The van der Waals surface area contributed by atoms with E-state index in [1.54, 1.807) is 18.6 Å². The van der Waals surface area contributed by atoms with E-state index in [2.05, 4.69) is 15.1 Å². The highest BCUT2D eigenvalue weighted by Crippen LogP contribution is 2.09. The van der Waals surface area contributed by atoms with Crippen LogP contribution in [0.15, 0.2) is 24.9 Å². The summed E-state index contributed by atoms with van der Waals surface area (Å²) in [4.78, 5) is 18.5. The fourth-order valence-corrected chi connectivity index (χ4v) is 1.19. The molecule has 0 fully saturated rings. The lowest BCUT2D eigenvalue weighted by Crippen LogP contribution is -2.02. The second-order valence-electron chi connectivity index (χ2n) is 2.84. The van der Waals surface area contributed by atoms with E-state index >= 15 is 0 Å². The largest absolute Gasteiger partial charge is 0.296 e. The maximum atomic E-state index is 10.8. The van der Waals surface area contributed by atoms with Crippen molar-refractivity contribution >= 4 is 6.29 Å². The van der Waals surface area contributed by atoms with Gasteiger partial charge in [0.2, 0.25) is 0 Å². The third-order valence-electron chi connectivity index (χ3n) is 1.90. The van der Waals surface area contributed by atoms with Crippen LogP contribution in [-0.4, -0.2) is 26.0 Å². The summed E-state index contributed by atoms with van der Waals surface area (Å²) >= 11 is 0. The first-order valence-corrected chi connectivity index (χ1v) is 4.08. The highest BCUT2D eigenvalue weighted by atomic mass is 16.1. The third-order valence-corrected chi connectivity index (χ3v) is 1.90. The Hall–Kier alpha value is -2.04. The van der Waals surface area contributed by atoms with Gasteiger partial charge in [0.15, 0.2) is 6.29 Å². The maximum absolute atomic E-state index is 10.8. The van der Waals surface area contributed by atoms with E-state index in [4.69, 9.17) is 0 Å². The van der Waals surface area contributed by atoms with Crippen molar-refractivity contribution in [2.75, 3.05) is 0 Å². The first kappa shape index (κ1) is 8.55. The van der Waals surface area contributed by atoms with Gasteiger partial charge in [0.1, 0.15) is 17.7 Å². The molecule has 0 radical (unpaired) electrons. The van der Waals surface area contributed by atoms with Crippen molar-refractivity contribution in [3.63, 3.8) is 0 Å². The van der Waals surface area contributed by atoms with E-state index in [1.807, 2.05) is 6.92 Å². The van der Waals surface area contributed by atoms with Crippen molar-refractivity contribution in [2.24, 2.45) is 0 Å². The number of carbonyl (C=O) groups is 1. The van der Waals surface area contributed by atoms with Crippen LogP contribution < -0.4 is 0 Å². The molecule has 5 heteroatoms. The van der Waals surface area contributed by atoms with E-state index in [0.29, 0.717) is 11.4 Å². The third kappa shape index (κ3) is 1.28. The zero-order chi connectivity index (χ0) is 9.97. The van der Waals surface area contributed by atoms with E-state index in [0.717, 1.165) is 11.8 Å². The zero-order valence-electron chi connectivity index (χ0n) is 7.58. The molecule has 2 heterocycles. The van der Waals surface area contributed by atoms with Crippen molar-refractivity contribution in [3.05, 3.63) is 36.2 Å². The lowest BCUT2D eigenvalue weighted by atomic mass is 10.3. The number of aryl methyl sites for hydroxylation is 1. The van der Waals surface area contributed by atoms with Crippen LogP contribution in [0.1, 0.15) is 16.1 Å². The fourth-order valence-electron chi connectivity index (χ4n) is 1.19. The number of hydrogen-bond donors (Lipinski definition) is 0. The Labute approximate surface area is 80.4 Å². The Morgan fingerprint density at radius 3 is 2.64 bits per heavy atom. The van der Waals surface area contributed by atoms with E-state index in [9.17, 15) is 4.79 Å². The number of nitrogens with zero attached hydrogens (tertiary/aromatic N) is 4. The Morgan fingerprint density at radius 2 is 2.00 bits per heavy atom. The Kier molecular flexibility index (Phi) is 2.06. The van der Waals surface area contributed by atoms with Crippen LogP contribution in [0.2, 0.25) is 0 Å². The molecule has 0 aliphatic heterocycles. The number of aromatic nitrogens is 4. The normalized spacial score (nSPS) is 10.1. The molecule has 14 heavy (non-hydrogen) atoms.